The number of hydrogen-bond donors (Lipinski definition) is 2. The van der Waals surface area contributed by atoms with E-state index in [9.17, 15) is 9.18 Å². The molecule has 2 aliphatic rings. The molecule has 3 N–H and O–H groups in total. The number of hydrogen-bond acceptors (Lipinski definition) is 3. The summed E-state index contributed by atoms with van der Waals surface area (Å²) in [6, 6.07) is 5.76. The van der Waals surface area contributed by atoms with Crippen LogP contribution in [0.3, 0.4) is 0 Å². The van der Waals surface area contributed by atoms with Gasteiger partial charge in [-0.15, -0.1) is 0 Å². The van der Waals surface area contributed by atoms with E-state index < -0.39 is 11.7 Å². The third-order valence-electron chi connectivity index (χ3n) is 3.91. The van der Waals surface area contributed by atoms with Crippen molar-refractivity contribution in [2.45, 2.75) is 47.5 Å². The van der Waals surface area contributed by atoms with E-state index in [1.165, 1.54) is 12.1 Å². The van der Waals surface area contributed by atoms with E-state index in [0.717, 1.165) is 12.8 Å². The van der Waals surface area contributed by atoms with Crippen molar-refractivity contribution in [2.75, 3.05) is 18.6 Å². The van der Waals surface area contributed by atoms with E-state index in [4.69, 9.17) is 10.5 Å². The van der Waals surface area contributed by atoms with Crippen LogP contribution >= 0.6 is 0 Å². The fourth-order valence-corrected chi connectivity index (χ4v) is 2.07. The van der Waals surface area contributed by atoms with E-state index in [0.29, 0.717) is 24.7 Å². The quantitative estimate of drug-likeness (QED) is 0.458. The Balaban J connectivity index is 0.000000791. The Morgan fingerprint density at radius 2 is 1.96 bits per heavy atom. The minimum atomic E-state index is -0.403. The number of anilines is 1. The Morgan fingerprint density at radius 1 is 1.31 bits per heavy atom. The Kier molecular flexibility index (Phi) is 8.45. The standard InChI is InChI=1S/C16H18FN3O2.2C2H6/c1-16(5-6-16)9-22-14(13-8-20(13)10-18)15(21)19-12-4-2-3-11(17)7-12;2*1-2/h2-4,7-8H,5-6,9-10,18H2,1H3;2*1-2H3/p+1/b14-13-;;. The van der Waals surface area contributed by atoms with E-state index in [1.54, 1.807) is 22.9 Å². The molecule has 1 aromatic carbocycles. The number of carbonyl (C=O) groups is 1. The maximum Gasteiger partial charge on any atom is 0.319 e. The monoisotopic (exact) mass is 364 g/mol. The first-order valence-electron chi connectivity index (χ1n) is 9.26. The topological polar surface area (TPSA) is 67.4 Å². The Morgan fingerprint density at radius 3 is 2.46 bits per heavy atom. The zero-order valence-electron chi connectivity index (χ0n) is 16.4. The molecule has 0 atom stereocenters. The molecule has 6 heteroatoms. The number of halogens is 1. The largest absolute Gasteiger partial charge is 0.482 e. The van der Waals surface area contributed by atoms with Gasteiger partial charge in [0.05, 0.1) is 6.61 Å². The highest BCUT2D eigenvalue weighted by Crippen LogP contribution is 2.45. The van der Waals surface area contributed by atoms with Gasteiger partial charge in [0, 0.05) is 11.1 Å². The van der Waals surface area contributed by atoms with Crippen LogP contribution in [0.5, 0.6) is 0 Å². The van der Waals surface area contributed by atoms with E-state index in [-0.39, 0.29) is 11.2 Å². The summed E-state index contributed by atoms with van der Waals surface area (Å²) in [6.07, 6.45) is 3.96. The summed E-state index contributed by atoms with van der Waals surface area (Å²) < 4.78 is 20.7. The molecule has 144 valence electrons. The first kappa shape index (κ1) is 21.8. The summed E-state index contributed by atoms with van der Waals surface area (Å²) in [5.41, 5.74) is 6.79. The highest BCUT2D eigenvalue weighted by molar-refractivity contribution is 6.06. The van der Waals surface area contributed by atoms with Gasteiger partial charge in [0.15, 0.2) is 0 Å². The molecule has 1 aromatic rings. The molecule has 1 saturated carbocycles. The van der Waals surface area contributed by atoms with Crippen molar-refractivity contribution in [3.05, 3.63) is 41.5 Å². The lowest BCUT2D eigenvalue weighted by Gasteiger charge is -2.12. The highest BCUT2D eigenvalue weighted by atomic mass is 19.1. The van der Waals surface area contributed by atoms with Gasteiger partial charge in [0.1, 0.15) is 5.82 Å². The number of carbonyl (C=O) groups excluding carboxylic acids is 1. The van der Waals surface area contributed by atoms with Crippen molar-refractivity contribution >= 4 is 17.8 Å². The molecule has 1 aliphatic carbocycles. The van der Waals surface area contributed by atoms with Crippen molar-refractivity contribution in [2.24, 2.45) is 11.1 Å². The molecule has 0 bridgehead atoms. The van der Waals surface area contributed by atoms with Crippen LogP contribution in [-0.2, 0) is 9.53 Å². The van der Waals surface area contributed by atoms with Gasteiger partial charge in [-0.25, -0.2) is 4.39 Å². The van der Waals surface area contributed by atoms with Gasteiger partial charge in [0.2, 0.25) is 12.9 Å². The lowest BCUT2D eigenvalue weighted by atomic mass is 10.2. The number of nitrogens with two attached hydrogens (primary N) is 1. The molecule has 3 rings (SSSR count). The normalized spacial score (nSPS) is 17.4. The number of rotatable bonds is 6. The molecule has 0 radical (unpaired) electrons. The Labute approximate surface area is 155 Å². The van der Waals surface area contributed by atoms with Crippen LogP contribution in [0.15, 0.2) is 35.7 Å². The van der Waals surface area contributed by atoms with Gasteiger partial charge in [0.25, 0.3) is 11.7 Å². The average Bonchev–Trinajstić information content (AvgIpc) is 3.57. The lowest BCUT2D eigenvalue weighted by Crippen LogP contribution is -2.21. The number of nitrogens with zero attached hydrogens (tertiary/aromatic N) is 1. The van der Waals surface area contributed by atoms with Gasteiger partial charge in [-0.2, -0.15) is 4.58 Å². The molecule has 5 nitrogen and oxygen atoms in total. The van der Waals surface area contributed by atoms with Gasteiger partial charge < -0.3 is 10.1 Å². The minimum absolute atomic E-state index is 0.160. The zero-order chi connectivity index (χ0) is 19.7. The fourth-order valence-electron chi connectivity index (χ4n) is 2.07. The first-order valence-corrected chi connectivity index (χ1v) is 9.26. The number of nitrogens with one attached hydrogen (secondary N) is 1. The van der Waals surface area contributed by atoms with Crippen molar-refractivity contribution in [3.63, 3.8) is 0 Å². The van der Waals surface area contributed by atoms with E-state index in [1.807, 2.05) is 27.7 Å². The second-order valence-corrected chi connectivity index (χ2v) is 6.06. The first-order chi connectivity index (χ1) is 12.5. The average molecular weight is 364 g/mol. The number of amides is 1. The predicted octanol–water partition coefficient (Wildman–Crippen LogP) is 3.86. The summed E-state index contributed by atoms with van der Waals surface area (Å²) in [5, 5.41) is 2.66. The van der Waals surface area contributed by atoms with Crippen LogP contribution in [0.2, 0.25) is 0 Å². The van der Waals surface area contributed by atoms with E-state index >= 15 is 0 Å². The van der Waals surface area contributed by atoms with Crippen LogP contribution in [-0.4, -0.2) is 30.0 Å². The third-order valence-corrected chi connectivity index (χ3v) is 3.91. The second kappa shape index (κ2) is 10.1. The summed E-state index contributed by atoms with van der Waals surface area (Å²) in [7, 11) is 0. The summed E-state index contributed by atoms with van der Waals surface area (Å²) in [4.78, 5) is 12.4. The Hall–Kier alpha value is -2.21. The molecule has 0 saturated heterocycles. The predicted molar refractivity (Wildman–Crippen MR) is 103 cm³/mol. The van der Waals surface area contributed by atoms with E-state index in [2.05, 4.69) is 12.2 Å². The van der Waals surface area contributed by atoms with Gasteiger partial charge in [-0.1, -0.05) is 40.7 Å². The summed E-state index contributed by atoms with van der Waals surface area (Å²) in [5.74, 6) is -0.556. The molecule has 1 aliphatic heterocycles. The highest BCUT2D eigenvalue weighted by Gasteiger charge is 2.42. The fraction of sp³-hybridized carbons (Fsp3) is 0.500. The number of allylic oxidation sites excluding steroid dienone is 1. The van der Waals surface area contributed by atoms with Crippen LogP contribution < -0.4 is 11.1 Å². The van der Waals surface area contributed by atoms with Crippen LogP contribution in [0.4, 0.5) is 10.1 Å². The van der Waals surface area contributed by atoms with Crippen molar-refractivity contribution < 1.29 is 18.5 Å². The van der Waals surface area contributed by atoms with Crippen molar-refractivity contribution in [1.29, 1.82) is 0 Å². The maximum absolute atomic E-state index is 13.2. The number of benzene rings is 1. The zero-order valence-corrected chi connectivity index (χ0v) is 16.4. The van der Waals surface area contributed by atoms with Crippen molar-refractivity contribution in [3.8, 4) is 0 Å². The van der Waals surface area contributed by atoms with Crippen molar-refractivity contribution in [1.82, 2.24) is 0 Å². The smallest absolute Gasteiger partial charge is 0.319 e. The van der Waals surface area contributed by atoms with Crippen LogP contribution in [0.25, 0.3) is 0 Å². The lowest BCUT2D eigenvalue weighted by molar-refractivity contribution is -0.404. The van der Waals surface area contributed by atoms with Gasteiger partial charge in [-0.05, 0) is 31.0 Å². The third kappa shape index (κ3) is 6.26. The Bertz CT molecular complexity index is 679. The second-order valence-electron chi connectivity index (χ2n) is 6.06. The summed E-state index contributed by atoms with van der Waals surface area (Å²) >= 11 is 0. The molecular weight excluding hydrogens is 333 g/mol. The molecule has 0 spiro atoms. The summed E-state index contributed by atoms with van der Waals surface area (Å²) in [6.45, 7) is 10.9. The molecule has 1 heterocycles. The molecule has 1 fully saturated rings. The molecule has 1 amide bonds. The molecular formula is C20H31FN3O2+. The SMILES string of the molecule is CC.CC.CC1(CO/C(C(=O)Nc2cccc(F)c2)=C2C=[N+]/2CN)CC1. The van der Waals surface area contributed by atoms with Crippen LogP contribution in [0.1, 0.15) is 47.5 Å². The maximum atomic E-state index is 13.2. The molecule has 26 heavy (non-hydrogen) atoms. The van der Waals surface area contributed by atoms with Gasteiger partial charge in [-0.3, -0.25) is 10.5 Å². The molecule has 0 aromatic heterocycles. The number of ether oxygens (including phenoxy) is 1. The van der Waals surface area contributed by atoms with Gasteiger partial charge >= 0.3 is 5.70 Å². The molecule has 0 unspecified atom stereocenters. The van der Waals surface area contributed by atoms with Crippen LogP contribution in [0, 0.1) is 11.2 Å². The minimum Gasteiger partial charge on any atom is -0.482 e.